The van der Waals surface area contributed by atoms with Gasteiger partial charge in [-0.1, -0.05) is 50.2 Å². The molecule has 4 nitrogen and oxygen atoms in total. The Balaban J connectivity index is 1.65. The minimum Gasteiger partial charge on any atom is -0.490 e. The van der Waals surface area contributed by atoms with Crippen molar-refractivity contribution in [3.63, 3.8) is 0 Å². The summed E-state index contributed by atoms with van der Waals surface area (Å²) >= 11 is 0. The highest BCUT2D eigenvalue weighted by Gasteiger charge is 2.29. The molecule has 0 bridgehead atoms. The lowest BCUT2D eigenvalue weighted by Crippen LogP contribution is -2.41. The molecule has 1 heterocycles. The molecule has 5 rings (SSSR count). The first-order chi connectivity index (χ1) is 18.6. The molecule has 0 saturated heterocycles. The summed E-state index contributed by atoms with van der Waals surface area (Å²) in [5.41, 5.74) is 3.19. The largest absolute Gasteiger partial charge is 0.490 e. The Hall–Kier alpha value is -3.80. The Morgan fingerprint density at radius 1 is 0.974 bits per heavy atom. The molecule has 1 fully saturated rings. The van der Waals surface area contributed by atoms with E-state index in [9.17, 15) is 13.6 Å². The number of aromatic nitrogens is 1. The van der Waals surface area contributed by atoms with Gasteiger partial charge in [0.15, 0.2) is 11.6 Å². The van der Waals surface area contributed by atoms with Gasteiger partial charge in [-0.05, 0) is 80.8 Å². The molecule has 1 amide bonds. The van der Waals surface area contributed by atoms with Gasteiger partial charge in [-0.15, -0.1) is 0 Å². The number of nitrogens with zero attached hydrogens (tertiary/aromatic N) is 1. The smallest absolute Gasteiger partial charge is 0.253 e. The van der Waals surface area contributed by atoms with Crippen LogP contribution < -0.4 is 10.1 Å². The van der Waals surface area contributed by atoms with Gasteiger partial charge in [-0.3, -0.25) is 4.79 Å². The standard InChI is InChI=1S/C33H34F2N2O2/c1-20(2)29-30(32(38)37-33(3,4)22-14-17-26(34)27(35)18-22)25-16-15-24(39-23-12-8-9-13-23)19-28(25)36-31(29)21-10-6-5-7-11-21/h5-7,10-11,14-20,23H,8-9,12-13H2,1-4H3,(H,37,38). The third-order valence-electron chi connectivity index (χ3n) is 7.52. The highest BCUT2D eigenvalue weighted by Crippen LogP contribution is 2.37. The number of nitrogens with one attached hydrogen (secondary N) is 1. The van der Waals surface area contributed by atoms with E-state index in [2.05, 4.69) is 5.32 Å². The van der Waals surface area contributed by atoms with Crippen LogP contribution in [0.2, 0.25) is 0 Å². The van der Waals surface area contributed by atoms with Crippen LogP contribution in [0.1, 0.15) is 80.8 Å². The van der Waals surface area contributed by atoms with E-state index in [4.69, 9.17) is 9.72 Å². The molecule has 1 saturated carbocycles. The normalized spacial score (nSPS) is 14.2. The number of benzene rings is 3. The van der Waals surface area contributed by atoms with E-state index in [1.54, 1.807) is 13.8 Å². The van der Waals surface area contributed by atoms with Crippen LogP contribution >= 0.6 is 0 Å². The van der Waals surface area contributed by atoms with Gasteiger partial charge < -0.3 is 10.1 Å². The second-order valence-electron chi connectivity index (χ2n) is 11.2. The van der Waals surface area contributed by atoms with Gasteiger partial charge in [0.25, 0.3) is 5.91 Å². The Morgan fingerprint density at radius 3 is 2.36 bits per heavy atom. The van der Waals surface area contributed by atoms with E-state index in [0.717, 1.165) is 52.9 Å². The molecule has 0 aliphatic heterocycles. The molecule has 6 heteroatoms. The van der Waals surface area contributed by atoms with Gasteiger partial charge in [0.2, 0.25) is 0 Å². The summed E-state index contributed by atoms with van der Waals surface area (Å²) in [7, 11) is 0. The number of rotatable bonds is 7. The second-order valence-corrected chi connectivity index (χ2v) is 11.2. The fourth-order valence-corrected chi connectivity index (χ4v) is 5.46. The van der Waals surface area contributed by atoms with E-state index >= 15 is 0 Å². The fourth-order valence-electron chi connectivity index (χ4n) is 5.46. The quantitative estimate of drug-likeness (QED) is 0.263. The van der Waals surface area contributed by atoms with Gasteiger partial charge in [0.05, 0.1) is 28.4 Å². The number of ether oxygens (including phenoxy) is 1. The van der Waals surface area contributed by atoms with Crippen LogP contribution in [0, 0.1) is 11.6 Å². The molecular formula is C33H34F2N2O2. The van der Waals surface area contributed by atoms with E-state index in [-0.39, 0.29) is 17.9 Å². The van der Waals surface area contributed by atoms with Gasteiger partial charge in [0, 0.05) is 17.0 Å². The molecular weight excluding hydrogens is 494 g/mol. The zero-order chi connectivity index (χ0) is 27.7. The molecule has 3 aromatic carbocycles. The molecule has 202 valence electrons. The van der Waals surface area contributed by atoms with E-state index in [0.29, 0.717) is 16.6 Å². The first-order valence-corrected chi connectivity index (χ1v) is 13.6. The van der Waals surface area contributed by atoms with Crippen LogP contribution in [0.4, 0.5) is 8.78 Å². The summed E-state index contributed by atoms with van der Waals surface area (Å²) in [6, 6.07) is 19.3. The molecule has 1 aliphatic rings. The molecule has 1 N–H and O–H groups in total. The Bertz CT molecular complexity index is 1510. The monoisotopic (exact) mass is 528 g/mol. The molecule has 0 radical (unpaired) electrons. The fraction of sp³-hybridized carbons (Fsp3) is 0.333. The lowest BCUT2D eigenvalue weighted by molar-refractivity contribution is 0.0912. The maximum atomic E-state index is 14.1. The maximum absolute atomic E-state index is 14.1. The van der Waals surface area contributed by atoms with Gasteiger partial charge >= 0.3 is 0 Å². The Kier molecular flexibility index (Phi) is 7.39. The van der Waals surface area contributed by atoms with Gasteiger partial charge in [-0.2, -0.15) is 0 Å². The van der Waals surface area contributed by atoms with Crippen molar-refractivity contribution >= 4 is 16.8 Å². The number of halogens is 2. The molecule has 1 aliphatic carbocycles. The van der Waals surface area contributed by atoms with E-state index in [1.807, 2.05) is 62.4 Å². The maximum Gasteiger partial charge on any atom is 0.253 e. The summed E-state index contributed by atoms with van der Waals surface area (Å²) in [5.74, 6) is -1.45. The number of carbonyl (C=O) groups excluding carboxylic acids is 1. The van der Waals surface area contributed by atoms with Crippen molar-refractivity contribution in [3.05, 3.63) is 95.1 Å². The van der Waals surface area contributed by atoms with Crippen molar-refractivity contribution in [1.82, 2.24) is 10.3 Å². The predicted molar refractivity (Wildman–Crippen MR) is 151 cm³/mol. The van der Waals surface area contributed by atoms with Crippen molar-refractivity contribution in [2.45, 2.75) is 70.9 Å². The summed E-state index contributed by atoms with van der Waals surface area (Å²) in [5, 5.41) is 3.81. The number of carbonyl (C=O) groups is 1. The molecule has 0 spiro atoms. The zero-order valence-electron chi connectivity index (χ0n) is 22.9. The number of pyridine rings is 1. The topological polar surface area (TPSA) is 51.2 Å². The van der Waals surface area contributed by atoms with Crippen LogP contribution in [0.25, 0.3) is 22.2 Å². The number of hydrogen-bond donors (Lipinski definition) is 1. The van der Waals surface area contributed by atoms with Crippen molar-refractivity contribution in [1.29, 1.82) is 0 Å². The minimum absolute atomic E-state index is 0.0151. The van der Waals surface area contributed by atoms with Crippen molar-refractivity contribution in [2.24, 2.45) is 0 Å². The van der Waals surface area contributed by atoms with Crippen LogP contribution in [0.5, 0.6) is 5.75 Å². The third-order valence-corrected chi connectivity index (χ3v) is 7.52. The summed E-state index contributed by atoms with van der Waals surface area (Å²) in [6.07, 6.45) is 4.62. The minimum atomic E-state index is -0.964. The van der Waals surface area contributed by atoms with Crippen LogP contribution in [0.3, 0.4) is 0 Å². The lowest BCUT2D eigenvalue weighted by Gasteiger charge is -2.29. The van der Waals surface area contributed by atoms with E-state index in [1.165, 1.54) is 18.9 Å². The SMILES string of the molecule is CC(C)c1c(-c2ccccc2)nc2cc(OC3CCCC3)ccc2c1C(=O)NC(C)(C)c1ccc(F)c(F)c1. The number of fused-ring (bicyclic) bond motifs is 1. The first kappa shape index (κ1) is 26.8. The third kappa shape index (κ3) is 5.51. The molecule has 0 atom stereocenters. The first-order valence-electron chi connectivity index (χ1n) is 13.6. The summed E-state index contributed by atoms with van der Waals surface area (Å²) < 4.78 is 33.9. The van der Waals surface area contributed by atoms with E-state index < -0.39 is 17.2 Å². The zero-order valence-corrected chi connectivity index (χ0v) is 22.9. The van der Waals surface area contributed by atoms with Crippen molar-refractivity contribution in [3.8, 4) is 17.0 Å². The van der Waals surface area contributed by atoms with Crippen LogP contribution in [-0.2, 0) is 5.54 Å². The summed E-state index contributed by atoms with van der Waals surface area (Å²) in [4.78, 5) is 19.2. The Morgan fingerprint density at radius 2 is 1.69 bits per heavy atom. The number of hydrogen-bond acceptors (Lipinski definition) is 3. The molecule has 1 aromatic heterocycles. The lowest BCUT2D eigenvalue weighted by atomic mass is 9.88. The summed E-state index contributed by atoms with van der Waals surface area (Å²) in [6.45, 7) is 7.65. The average molecular weight is 529 g/mol. The van der Waals surface area contributed by atoms with Crippen molar-refractivity contribution < 1.29 is 18.3 Å². The Labute approximate surface area is 228 Å². The predicted octanol–water partition coefficient (Wildman–Crippen LogP) is 8.29. The average Bonchev–Trinajstić information content (AvgIpc) is 3.42. The second kappa shape index (κ2) is 10.8. The van der Waals surface area contributed by atoms with Crippen LogP contribution in [-0.4, -0.2) is 17.0 Å². The highest BCUT2D eigenvalue weighted by molar-refractivity contribution is 6.09. The highest BCUT2D eigenvalue weighted by atomic mass is 19.2. The molecule has 39 heavy (non-hydrogen) atoms. The van der Waals surface area contributed by atoms with Crippen LogP contribution in [0.15, 0.2) is 66.7 Å². The van der Waals surface area contributed by atoms with Gasteiger partial charge in [0.1, 0.15) is 5.75 Å². The van der Waals surface area contributed by atoms with Gasteiger partial charge in [-0.25, -0.2) is 13.8 Å². The molecule has 0 unspecified atom stereocenters. The molecule has 4 aromatic rings. The number of amides is 1. The van der Waals surface area contributed by atoms with Crippen molar-refractivity contribution in [2.75, 3.05) is 0 Å².